The predicted molar refractivity (Wildman–Crippen MR) is 81.6 cm³/mol. The molecule has 1 saturated heterocycles. The highest BCUT2D eigenvalue weighted by atomic mass is 35.5. The van der Waals surface area contributed by atoms with Crippen LogP contribution in [0.3, 0.4) is 0 Å². The molecule has 3 nitrogen and oxygen atoms in total. The second kappa shape index (κ2) is 7.19. The van der Waals surface area contributed by atoms with Gasteiger partial charge in [0.1, 0.15) is 5.75 Å². The number of benzene rings is 1. The Labute approximate surface area is 129 Å². The smallest absolute Gasteiger partial charge is 0.260 e. The van der Waals surface area contributed by atoms with Gasteiger partial charge in [0, 0.05) is 18.1 Å². The lowest BCUT2D eigenvalue weighted by molar-refractivity contribution is -0.133. The molecular weight excluding hydrogens is 297 g/mol. The van der Waals surface area contributed by atoms with Crippen LogP contribution in [0.5, 0.6) is 5.75 Å². The quantitative estimate of drug-likeness (QED) is 0.843. The van der Waals surface area contributed by atoms with Crippen molar-refractivity contribution in [3.63, 3.8) is 0 Å². The Hall–Kier alpha value is -0.930. The van der Waals surface area contributed by atoms with Gasteiger partial charge in [0.2, 0.25) is 0 Å². The number of hydrogen-bond acceptors (Lipinski definition) is 2. The minimum absolute atomic E-state index is 0.0186. The van der Waals surface area contributed by atoms with Gasteiger partial charge in [-0.25, -0.2) is 0 Å². The second-order valence-corrected chi connectivity index (χ2v) is 6.12. The number of carbonyl (C=O) groups excluding carboxylic acids is 1. The van der Waals surface area contributed by atoms with E-state index in [1.54, 1.807) is 18.2 Å². The van der Waals surface area contributed by atoms with E-state index in [1.807, 2.05) is 4.90 Å². The van der Waals surface area contributed by atoms with Gasteiger partial charge in [-0.2, -0.15) is 0 Å². The molecule has 0 aromatic heterocycles. The summed E-state index contributed by atoms with van der Waals surface area (Å²) in [6.45, 7) is 3.90. The third-order valence-electron chi connectivity index (χ3n) is 3.61. The van der Waals surface area contributed by atoms with Crippen LogP contribution in [-0.4, -0.2) is 30.5 Å². The van der Waals surface area contributed by atoms with Gasteiger partial charge in [-0.05, 0) is 43.4 Å². The molecule has 1 amide bonds. The lowest BCUT2D eigenvalue weighted by atomic mass is 10.0. The van der Waals surface area contributed by atoms with Gasteiger partial charge in [0.05, 0.1) is 5.02 Å². The number of ether oxygens (including phenoxy) is 1. The van der Waals surface area contributed by atoms with Crippen LogP contribution < -0.4 is 4.74 Å². The fourth-order valence-corrected chi connectivity index (χ4v) is 2.80. The molecule has 20 heavy (non-hydrogen) atoms. The Morgan fingerprint density at radius 1 is 1.35 bits per heavy atom. The summed E-state index contributed by atoms with van der Waals surface area (Å²) in [5, 5.41) is 0.977. The van der Waals surface area contributed by atoms with Crippen LogP contribution in [0.2, 0.25) is 10.0 Å². The van der Waals surface area contributed by atoms with Crippen molar-refractivity contribution in [3.05, 3.63) is 28.2 Å². The van der Waals surface area contributed by atoms with Gasteiger partial charge >= 0.3 is 0 Å². The lowest BCUT2D eigenvalue weighted by Gasteiger charge is -2.20. The molecule has 110 valence electrons. The molecule has 1 aromatic rings. The number of nitrogens with zero attached hydrogens (tertiary/aromatic N) is 1. The largest absolute Gasteiger partial charge is 0.482 e. The summed E-state index contributed by atoms with van der Waals surface area (Å²) in [5.74, 6) is 1.21. The van der Waals surface area contributed by atoms with Crippen LogP contribution in [0.1, 0.15) is 26.2 Å². The van der Waals surface area contributed by atoms with E-state index in [0.29, 0.717) is 21.7 Å². The zero-order chi connectivity index (χ0) is 14.5. The molecule has 0 radical (unpaired) electrons. The fourth-order valence-electron chi connectivity index (χ4n) is 2.34. The fraction of sp³-hybridized carbons (Fsp3) is 0.533. The first-order chi connectivity index (χ1) is 9.56. The highest BCUT2D eigenvalue weighted by Gasteiger charge is 2.19. The summed E-state index contributed by atoms with van der Waals surface area (Å²) in [6, 6.07) is 4.99. The molecule has 0 bridgehead atoms. The maximum absolute atomic E-state index is 12.1. The third kappa shape index (κ3) is 4.29. The molecule has 5 heteroatoms. The molecule has 1 atom stereocenters. The van der Waals surface area contributed by atoms with E-state index in [1.165, 1.54) is 6.42 Å². The van der Waals surface area contributed by atoms with Gasteiger partial charge in [-0.15, -0.1) is 0 Å². The first-order valence-corrected chi connectivity index (χ1v) is 7.67. The first kappa shape index (κ1) is 15.5. The molecule has 1 aliphatic rings. The number of amides is 1. The lowest BCUT2D eigenvalue weighted by Crippen LogP contribution is -2.35. The van der Waals surface area contributed by atoms with Crippen LogP contribution in [0.15, 0.2) is 18.2 Å². The van der Waals surface area contributed by atoms with Gasteiger partial charge in [-0.3, -0.25) is 4.79 Å². The highest BCUT2D eigenvalue weighted by Crippen LogP contribution is 2.27. The van der Waals surface area contributed by atoms with Crippen molar-refractivity contribution in [2.24, 2.45) is 5.92 Å². The van der Waals surface area contributed by atoms with Crippen LogP contribution in [0.4, 0.5) is 0 Å². The first-order valence-electron chi connectivity index (χ1n) is 6.92. The Morgan fingerprint density at radius 2 is 2.15 bits per heavy atom. The van der Waals surface area contributed by atoms with E-state index in [-0.39, 0.29) is 12.5 Å². The molecule has 0 N–H and O–H groups in total. The normalized spacial score (nSPS) is 19.6. The van der Waals surface area contributed by atoms with E-state index >= 15 is 0 Å². The summed E-state index contributed by atoms with van der Waals surface area (Å²) < 4.78 is 5.49. The Morgan fingerprint density at radius 3 is 2.90 bits per heavy atom. The molecule has 1 aromatic carbocycles. The molecule has 1 aliphatic heterocycles. The van der Waals surface area contributed by atoms with Crippen LogP contribution >= 0.6 is 23.2 Å². The molecular formula is C15H19Cl2NO2. The minimum Gasteiger partial charge on any atom is -0.482 e. The van der Waals surface area contributed by atoms with Crippen molar-refractivity contribution < 1.29 is 9.53 Å². The van der Waals surface area contributed by atoms with Gasteiger partial charge in [-0.1, -0.05) is 30.1 Å². The van der Waals surface area contributed by atoms with Crippen molar-refractivity contribution >= 4 is 29.1 Å². The van der Waals surface area contributed by atoms with Gasteiger partial charge in [0.15, 0.2) is 6.61 Å². The third-order valence-corrected chi connectivity index (χ3v) is 4.15. The molecule has 0 spiro atoms. The molecule has 1 fully saturated rings. The van der Waals surface area contributed by atoms with E-state index in [4.69, 9.17) is 27.9 Å². The average molecular weight is 316 g/mol. The summed E-state index contributed by atoms with van der Waals surface area (Å²) in [7, 11) is 0. The van der Waals surface area contributed by atoms with E-state index in [0.717, 1.165) is 25.9 Å². The highest BCUT2D eigenvalue weighted by molar-refractivity contribution is 6.35. The minimum atomic E-state index is 0.0186. The average Bonchev–Trinajstić information content (AvgIpc) is 2.62. The van der Waals surface area contributed by atoms with Crippen molar-refractivity contribution in [3.8, 4) is 5.75 Å². The zero-order valence-corrected chi connectivity index (χ0v) is 13.1. The van der Waals surface area contributed by atoms with Crippen molar-refractivity contribution in [1.82, 2.24) is 4.90 Å². The van der Waals surface area contributed by atoms with Gasteiger partial charge in [0.25, 0.3) is 5.91 Å². The Balaban J connectivity index is 1.88. The maximum atomic E-state index is 12.1. The van der Waals surface area contributed by atoms with E-state index in [2.05, 4.69) is 6.92 Å². The van der Waals surface area contributed by atoms with E-state index in [9.17, 15) is 4.79 Å². The summed E-state index contributed by atoms with van der Waals surface area (Å²) in [4.78, 5) is 14.0. The number of halogens is 2. The standard InChI is InChI=1S/C15H19Cl2NO2/c1-11-3-2-7-18(8-6-11)15(19)10-20-14-5-4-12(16)9-13(14)17/h4-5,9,11H,2-3,6-8,10H2,1H3. The van der Waals surface area contributed by atoms with Crippen LogP contribution in [0.25, 0.3) is 0 Å². The topological polar surface area (TPSA) is 29.5 Å². The number of rotatable bonds is 3. The predicted octanol–water partition coefficient (Wildman–Crippen LogP) is 4.02. The Kier molecular flexibility index (Phi) is 5.55. The molecule has 0 aliphatic carbocycles. The van der Waals surface area contributed by atoms with Crippen molar-refractivity contribution in [2.45, 2.75) is 26.2 Å². The van der Waals surface area contributed by atoms with Crippen LogP contribution in [-0.2, 0) is 4.79 Å². The molecule has 2 rings (SSSR count). The number of likely N-dealkylation sites (tertiary alicyclic amines) is 1. The molecule has 1 heterocycles. The van der Waals surface area contributed by atoms with Crippen LogP contribution in [0, 0.1) is 5.92 Å². The zero-order valence-electron chi connectivity index (χ0n) is 11.6. The summed E-state index contributed by atoms with van der Waals surface area (Å²) >= 11 is 11.8. The van der Waals surface area contributed by atoms with E-state index < -0.39 is 0 Å². The monoisotopic (exact) mass is 315 g/mol. The van der Waals surface area contributed by atoms with Crippen molar-refractivity contribution in [1.29, 1.82) is 0 Å². The van der Waals surface area contributed by atoms with Crippen molar-refractivity contribution in [2.75, 3.05) is 19.7 Å². The van der Waals surface area contributed by atoms with Gasteiger partial charge < -0.3 is 9.64 Å². The SMILES string of the molecule is CC1CCCN(C(=O)COc2ccc(Cl)cc2Cl)CC1. The number of carbonyl (C=O) groups is 1. The molecule has 1 unspecified atom stereocenters. The summed E-state index contributed by atoms with van der Waals surface area (Å²) in [5.41, 5.74) is 0. The Bertz CT molecular complexity index is 479. The molecule has 0 saturated carbocycles. The maximum Gasteiger partial charge on any atom is 0.260 e. The second-order valence-electron chi connectivity index (χ2n) is 5.28. The number of hydrogen-bond donors (Lipinski definition) is 0. The summed E-state index contributed by atoms with van der Waals surface area (Å²) in [6.07, 6.45) is 3.32.